The van der Waals surface area contributed by atoms with Crippen LogP contribution in [0.3, 0.4) is 0 Å². The number of hydrogen-bond donors (Lipinski definition) is 1. The van der Waals surface area contributed by atoms with E-state index >= 15 is 0 Å². The summed E-state index contributed by atoms with van der Waals surface area (Å²) in [5, 5.41) is 2.53. The van der Waals surface area contributed by atoms with Crippen LogP contribution in [0.15, 0.2) is 29.8 Å². The fraction of sp³-hybridized carbons (Fsp3) is 0.0833. The molecule has 1 aliphatic heterocycles. The maximum Gasteiger partial charge on any atom is 0.264 e. The van der Waals surface area contributed by atoms with Crippen molar-refractivity contribution < 1.29 is 9.59 Å². The Morgan fingerprint density at radius 2 is 2.11 bits per heavy atom. The van der Waals surface area contributed by atoms with Gasteiger partial charge in [0.2, 0.25) is 0 Å². The van der Waals surface area contributed by atoms with Crippen LogP contribution in [0.1, 0.15) is 25.7 Å². The van der Waals surface area contributed by atoms with E-state index in [0.717, 1.165) is 5.01 Å². The lowest BCUT2D eigenvalue weighted by molar-refractivity contribution is 0.0642. The molecular formula is C12H9N3O2S. The Balaban J connectivity index is 2.00. The molecule has 0 aliphatic carbocycles. The second-order valence-corrected chi connectivity index (χ2v) is 4.87. The fourth-order valence-electron chi connectivity index (χ4n) is 1.97. The first-order chi connectivity index (χ1) is 8.68. The molecule has 18 heavy (non-hydrogen) atoms. The number of aromatic nitrogens is 1. The van der Waals surface area contributed by atoms with Gasteiger partial charge in [-0.3, -0.25) is 14.5 Å². The smallest absolute Gasteiger partial charge is 0.264 e. The third-order valence-electron chi connectivity index (χ3n) is 2.81. The van der Waals surface area contributed by atoms with Crippen LogP contribution >= 0.6 is 11.3 Å². The molecule has 2 amide bonds. The first kappa shape index (κ1) is 10.9. The average Bonchev–Trinajstić information content (AvgIpc) is 2.94. The van der Waals surface area contributed by atoms with Crippen molar-refractivity contribution in [2.24, 2.45) is 0 Å². The van der Waals surface area contributed by atoms with Crippen molar-refractivity contribution in [3.8, 4) is 0 Å². The van der Waals surface area contributed by atoms with E-state index in [1.807, 2.05) is 5.38 Å². The van der Waals surface area contributed by atoms with Crippen LogP contribution < -0.4 is 5.73 Å². The molecular weight excluding hydrogens is 250 g/mol. The molecule has 3 rings (SSSR count). The van der Waals surface area contributed by atoms with Crippen molar-refractivity contribution in [2.75, 3.05) is 5.73 Å². The second kappa shape index (κ2) is 3.92. The third kappa shape index (κ3) is 1.50. The van der Waals surface area contributed by atoms with Gasteiger partial charge >= 0.3 is 0 Å². The van der Waals surface area contributed by atoms with E-state index in [1.54, 1.807) is 24.4 Å². The molecule has 1 aromatic carbocycles. The van der Waals surface area contributed by atoms with Crippen LogP contribution in [-0.4, -0.2) is 21.7 Å². The number of rotatable bonds is 2. The lowest BCUT2D eigenvalue weighted by atomic mass is 10.1. The van der Waals surface area contributed by atoms with Crippen molar-refractivity contribution in [3.63, 3.8) is 0 Å². The van der Waals surface area contributed by atoms with Gasteiger partial charge in [0.25, 0.3) is 11.8 Å². The van der Waals surface area contributed by atoms with Crippen molar-refractivity contribution in [2.45, 2.75) is 6.54 Å². The predicted molar refractivity (Wildman–Crippen MR) is 67.2 cm³/mol. The molecule has 2 N–H and O–H groups in total. The van der Waals surface area contributed by atoms with Crippen LogP contribution in [0.25, 0.3) is 0 Å². The Bertz CT molecular complexity index is 637. The summed E-state index contributed by atoms with van der Waals surface area (Å²) < 4.78 is 0. The van der Waals surface area contributed by atoms with Gasteiger partial charge in [-0.2, -0.15) is 0 Å². The molecule has 2 aromatic rings. The number of imide groups is 1. The van der Waals surface area contributed by atoms with E-state index in [9.17, 15) is 9.59 Å². The van der Waals surface area contributed by atoms with E-state index in [2.05, 4.69) is 4.98 Å². The molecule has 90 valence electrons. The first-order valence-electron chi connectivity index (χ1n) is 5.31. The maximum absolute atomic E-state index is 12.2. The summed E-state index contributed by atoms with van der Waals surface area (Å²) in [5.41, 5.74) is 6.76. The number of thiazole rings is 1. The lowest BCUT2D eigenvalue weighted by Crippen LogP contribution is -2.29. The number of nitrogens with two attached hydrogens (primary N) is 1. The molecule has 0 saturated carbocycles. The van der Waals surface area contributed by atoms with Gasteiger partial charge in [0.1, 0.15) is 5.01 Å². The Labute approximate surface area is 107 Å². The van der Waals surface area contributed by atoms with Crippen molar-refractivity contribution in [1.29, 1.82) is 0 Å². The van der Waals surface area contributed by atoms with E-state index in [-0.39, 0.29) is 18.4 Å². The highest BCUT2D eigenvalue weighted by molar-refractivity contribution is 7.09. The molecule has 0 bridgehead atoms. The minimum absolute atomic E-state index is 0.198. The van der Waals surface area contributed by atoms with Crippen LogP contribution in [0.2, 0.25) is 0 Å². The van der Waals surface area contributed by atoms with E-state index in [4.69, 9.17) is 5.73 Å². The lowest BCUT2D eigenvalue weighted by Gasteiger charge is -2.11. The minimum atomic E-state index is -0.344. The number of amides is 2. The van der Waals surface area contributed by atoms with Gasteiger partial charge in [0.05, 0.1) is 17.7 Å². The Hall–Kier alpha value is -2.21. The fourth-order valence-corrected chi connectivity index (χ4v) is 2.57. The zero-order chi connectivity index (χ0) is 12.7. The zero-order valence-electron chi connectivity index (χ0n) is 9.29. The second-order valence-electron chi connectivity index (χ2n) is 3.89. The van der Waals surface area contributed by atoms with Crippen molar-refractivity contribution >= 4 is 28.8 Å². The molecule has 0 spiro atoms. The number of nitrogen functional groups attached to an aromatic ring is 1. The van der Waals surface area contributed by atoms with E-state index < -0.39 is 0 Å². The van der Waals surface area contributed by atoms with Crippen molar-refractivity contribution in [1.82, 2.24) is 9.88 Å². The summed E-state index contributed by atoms with van der Waals surface area (Å²) >= 11 is 1.41. The number of carbonyl (C=O) groups excluding carboxylic acids is 2. The quantitative estimate of drug-likeness (QED) is 0.655. The molecule has 1 aliphatic rings. The number of benzene rings is 1. The van der Waals surface area contributed by atoms with Gasteiger partial charge in [0, 0.05) is 17.3 Å². The molecule has 0 unspecified atom stereocenters. The van der Waals surface area contributed by atoms with Gasteiger partial charge in [-0.05, 0) is 12.1 Å². The van der Waals surface area contributed by atoms with Crippen molar-refractivity contribution in [3.05, 3.63) is 45.9 Å². The molecule has 0 saturated heterocycles. The number of anilines is 1. The SMILES string of the molecule is Nc1cccc2c1C(=O)N(Cc1nccs1)C2=O. The Morgan fingerprint density at radius 3 is 2.78 bits per heavy atom. The van der Waals surface area contributed by atoms with Gasteiger partial charge < -0.3 is 5.73 Å². The normalized spacial score (nSPS) is 14.1. The number of carbonyl (C=O) groups is 2. The van der Waals surface area contributed by atoms with Gasteiger partial charge in [-0.1, -0.05) is 6.07 Å². The summed E-state index contributed by atoms with van der Waals surface area (Å²) in [6, 6.07) is 4.91. The standard InChI is InChI=1S/C12H9N3O2S/c13-8-3-1-2-7-10(8)12(17)15(11(7)16)6-9-14-4-5-18-9/h1-5H,6,13H2. The van der Waals surface area contributed by atoms with E-state index in [0.29, 0.717) is 16.8 Å². The maximum atomic E-state index is 12.2. The molecule has 0 radical (unpaired) electrons. The highest BCUT2D eigenvalue weighted by Gasteiger charge is 2.37. The third-order valence-corrected chi connectivity index (χ3v) is 3.57. The molecule has 0 fully saturated rings. The summed E-state index contributed by atoms with van der Waals surface area (Å²) in [6.07, 6.45) is 1.65. The summed E-state index contributed by atoms with van der Waals surface area (Å²) in [7, 11) is 0. The molecule has 5 nitrogen and oxygen atoms in total. The number of nitrogens with zero attached hydrogens (tertiary/aromatic N) is 2. The Kier molecular flexibility index (Phi) is 2.38. The average molecular weight is 259 g/mol. The zero-order valence-corrected chi connectivity index (χ0v) is 10.1. The van der Waals surface area contributed by atoms with Crippen LogP contribution in [0.5, 0.6) is 0 Å². The topological polar surface area (TPSA) is 76.3 Å². The summed E-state index contributed by atoms with van der Waals surface area (Å²) in [5.74, 6) is -0.652. The minimum Gasteiger partial charge on any atom is -0.398 e. The largest absolute Gasteiger partial charge is 0.398 e. The summed E-state index contributed by atoms with van der Waals surface area (Å²) in [4.78, 5) is 29.5. The molecule has 2 heterocycles. The number of fused-ring (bicyclic) bond motifs is 1. The first-order valence-corrected chi connectivity index (χ1v) is 6.19. The van der Waals surface area contributed by atoms with Crippen LogP contribution in [0, 0.1) is 0 Å². The van der Waals surface area contributed by atoms with Gasteiger partial charge in [-0.25, -0.2) is 4.98 Å². The molecule has 0 atom stereocenters. The Morgan fingerprint density at radius 1 is 1.28 bits per heavy atom. The van der Waals surface area contributed by atoms with Crippen LogP contribution in [0.4, 0.5) is 5.69 Å². The monoisotopic (exact) mass is 259 g/mol. The van der Waals surface area contributed by atoms with Gasteiger partial charge in [0.15, 0.2) is 0 Å². The number of hydrogen-bond acceptors (Lipinski definition) is 5. The highest BCUT2D eigenvalue weighted by Crippen LogP contribution is 2.28. The van der Waals surface area contributed by atoms with Crippen LogP contribution in [-0.2, 0) is 6.54 Å². The highest BCUT2D eigenvalue weighted by atomic mass is 32.1. The van der Waals surface area contributed by atoms with Gasteiger partial charge in [-0.15, -0.1) is 11.3 Å². The molecule has 6 heteroatoms. The molecule has 1 aromatic heterocycles. The van der Waals surface area contributed by atoms with E-state index in [1.165, 1.54) is 16.2 Å². The predicted octanol–water partition coefficient (Wildman–Crippen LogP) is 1.52. The summed E-state index contributed by atoms with van der Waals surface area (Å²) in [6.45, 7) is 0.198.